The second-order valence-electron chi connectivity index (χ2n) is 2.40. The minimum absolute atomic E-state index is 0. The topological polar surface area (TPSA) is 141 Å². The molecule has 0 aromatic carbocycles. The average molecular weight is 433 g/mol. The third-order valence-corrected chi connectivity index (χ3v) is 1.24. The second-order valence-corrected chi connectivity index (χ2v) is 2.40. The van der Waals surface area contributed by atoms with Crippen LogP contribution in [0.4, 0.5) is 0 Å². The van der Waals surface area contributed by atoms with Crippen LogP contribution in [0.15, 0.2) is 0 Å². The molecule has 80 valence electrons. The van der Waals surface area contributed by atoms with Crippen LogP contribution in [0.2, 0.25) is 0 Å². The van der Waals surface area contributed by atoms with Crippen LogP contribution in [0.25, 0.3) is 0 Å². The van der Waals surface area contributed by atoms with Crippen molar-refractivity contribution < 1.29 is 64.0 Å². The summed E-state index contributed by atoms with van der Waals surface area (Å²) in [6.45, 7) is 0. The van der Waals surface area contributed by atoms with Gasteiger partial charge >= 0.3 is 5.97 Å². The van der Waals surface area contributed by atoms with Gasteiger partial charge in [0, 0.05) is 47.5 Å². The molecule has 0 saturated carbocycles. The second kappa shape index (κ2) is 5.96. The molecule has 0 aliphatic heterocycles. The van der Waals surface area contributed by atoms with E-state index in [0.717, 1.165) is 0 Å². The van der Waals surface area contributed by atoms with Crippen LogP contribution in [0.3, 0.4) is 0 Å². The minimum Gasteiger partial charge on any atom is -0.844 e. The Balaban J connectivity index is 0. The summed E-state index contributed by atoms with van der Waals surface area (Å²) >= 11 is 0. The molecule has 0 aromatic heterocycles. The van der Waals surface area contributed by atoms with Gasteiger partial charge in [0.1, 0.15) is 0 Å². The molecular weight excluding hydrogens is 428 g/mol. The average Bonchev–Trinajstić information content (AvgIpc) is 1.82. The number of carbonyl (C=O) groups excluding carboxylic acids is 2. The molecular formula is C6H5O7Pu-3. The molecule has 1 unspecified atom stereocenters. The number of hydrogen-bond donors (Lipinski definition) is 1. The van der Waals surface area contributed by atoms with Gasteiger partial charge in [0.25, 0.3) is 0 Å². The van der Waals surface area contributed by atoms with E-state index in [1.807, 2.05) is 0 Å². The van der Waals surface area contributed by atoms with Crippen molar-refractivity contribution in [2.45, 2.75) is 18.4 Å². The Hall–Kier alpha value is -0.643. The zero-order chi connectivity index (χ0) is 10.6. The van der Waals surface area contributed by atoms with Crippen LogP contribution in [-0.2, 0) is 14.4 Å². The number of carboxylic acids is 3. The maximum atomic E-state index is 11.0. The van der Waals surface area contributed by atoms with Crippen LogP contribution >= 0.6 is 0 Å². The normalized spacial score (nSPS) is 13.5. The molecule has 0 aromatic rings. The largest absolute Gasteiger partial charge is 0.844 e. The fourth-order valence-corrected chi connectivity index (χ4v) is 0.684. The fraction of sp³-hybridized carbons (Fsp3) is 0.500. The summed E-state index contributed by atoms with van der Waals surface area (Å²) in [5, 5.41) is 39.1. The van der Waals surface area contributed by atoms with Gasteiger partial charge < -0.3 is 30.0 Å². The molecule has 0 heterocycles. The number of carboxylic acid groups (broad SMARTS) is 3. The number of rotatable bonds is 5. The van der Waals surface area contributed by atoms with E-state index in [2.05, 4.69) is 0 Å². The molecule has 0 spiro atoms. The first-order valence-electron chi connectivity index (χ1n) is 3.11. The SMILES string of the molecule is O=C([O-])CC([O-])(CC(=O)O)C(=O)[O-].[Pu]. The Morgan fingerprint density at radius 2 is 1.57 bits per heavy atom. The molecule has 7 nitrogen and oxygen atoms in total. The van der Waals surface area contributed by atoms with E-state index >= 15 is 0 Å². The van der Waals surface area contributed by atoms with Gasteiger partial charge in [0.15, 0.2) is 0 Å². The van der Waals surface area contributed by atoms with Gasteiger partial charge in [-0.05, 0) is 6.42 Å². The summed E-state index contributed by atoms with van der Waals surface area (Å²) < 4.78 is 0. The first kappa shape index (κ1) is 15.8. The fourth-order valence-electron chi connectivity index (χ4n) is 0.684. The Kier molecular flexibility index (Phi) is 6.73. The zero-order valence-electron chi connectivity index (χ0n) is 6.72. The molecule has 0 radical (unpaired) electrons. The van der Waals surface area contributed by atoms with Crippen molar-refractivity contribution >= 4 is 17.9 Å². The first-order valence-corrected chi connectivity index (χ1v) is 3.11. The van der Waals surface area contributed by atoms with Gasteiger partial charge in [0.2, 0.25) is 0 Å². The predicted octanol–water partition coefficient (Wildman–Crippen LogP) is -4.55. The number of aliphatic carboxylic acids is 3. The maximum Gasteiger partial charge on any atom is 0.302 e. The predicted molar refractivity (Wildman–Crippen MR) is 29.6 cm³/mol. The summed E-state index contributed by atoms with van der Waals surface area (Å²) in [5.74, 6) is -5.90. The molecule has 0 rings (SSSR count). The van der Waals surface area contributed by atoms with Gasteiger partial charge in [-0.15, -0.1) is 0 Å². The van der Waals surface area contributed by atoms with E-state index in [1.54, 1.807) is 0 Å². The van der Waals surface area contributed by atoms with Crippen molar-refractivity contribution in [2.24, 2.45) is 0 Å². The molecule has 8 heteroatoms. The van der Waals surface area contributed by atoms with Crippen LogP contribution in [0.5, 0.6) is 0 Å². The van der Waals surface area contributed by atoms with E-state index in [-0.39, 0.29) is 29.2 Å². The van der Waals surface area contributed by atoms with E-state index in [9.17, 15) is 29.7 Å². The molecule has 0 saturated heterocycles. The monoisotopic (exact) mass is 427 g/mol. The Morgan fingerprint density at radius 3 is 1.79 bits per heavy atom. The number of hydrogen-bond acceptors (Lipinski definition) is 6. The Morgan fingerprint density at radius 1 is 1.14 bits per heavy atom. The van der Waals surface area contributed by atoms with Crippen LogP contribution in [0, 0.1) is 29.2 Å². The van der Waals surface area contributed by atoms with Crippen LogP contribution in [-0.4, -0.2) is 28.6 Å². The third-order valence-electron chi connectivity index (χ3n) is 1.24. The van der Waals surface area contributed by atoms with E-state index in [1.165, 1.54) is 0 Å². The van der Waals surface area contributed by atoms with Crippen molar-refractivity contribution in [3.63, 3.8) is 0 Å². The Labute approximate surface area is 100 Å². The molecule has 1 N–H and O–H groups in total. The third kappa shape index (κ3) is 5.17. The smallest absolute Gasteiger partial charge is 0.302 e. The summed E-state index contributed by atoms with van der Waals surface area (Å²) in [6.07, 6.45) is -2.79. The van der Waals surface area contributed by atoms with Crippen molar-refractivity contribution in [3.8, 4) is 0 Å². The first-order chi connectivity index (χ1) is 5.78. The summed E-state index contributed by atoms with van der Waals surface area (Å²) in [6, 6.07) is 0. The molecule has 0 fully saturated rings. The van der Waals surface area contributed by atoms with E-state index in [0.29, 0.717) is 0 Å². The maximum absolute atomic E-state index is 11.0. The van der Waals surface area contributed by atoms with Crippen molar-refractivity contribution in [1.82, 2.24) is 0 Å². The molecule has 0 bridgehead atoms. The number of carbonyl (C=O) groups is 3. The summed E-state index contributed by atoms with van der Waals surface area (Å²) in [7, 11) is 0. The van der Waals surface area contributed by atoms with Gasteiger partial charge in [-0.2, -0.15) is 0 Å². The molecule has 1 atom stereocenters. The van der Waals surface area contributed by atoms with Gasteiger partial charge in [0.05, 0.1) is 0 Å². The molecule has 0 amide bonds. The van der Waals surface area contributed by atoms with Gasteiger partial charge in [-0.25, -0.2) is 0 Å². The summed E-state index contributed by atoms with van der Waals surface area (Å²) in [5.41, 5.74) is -3.16. The zero-order valence-corrected chi connectivity index (χ0v) is 10.1. The van der Waals surface area contributed by atoms with Crippen molar-refractivity contribution in [3.05, 3.63) is 0 Å². The van der Waals surface area contributed by atoms with Crippen LogP contribution < -0.4 is 15.3 Å². The summed E-state index contributed by atoms with van der Waals surface area (Å²) in [4.78, 5) is 30.0. The van der Waals surface area contributed by atoms with Gasteiger partial charge in [-0.3, -0.25) is 4.79 Å². The van der Waals surface area contributed by atoms with E-state index in [4.69, 9.17) is 5.11 Å². The standard InChI is InChI=1S/C6H7O7.Pu/c7-3(8)1-6(13,5(11)12)2-4(9)10;/h1-2H2,(H,7,8)(H,9,10)(H,11,12);/q-1;/p-2. The molecule has 14 heavy (non-hydrogen) atoms. The van der Waals surface area contributed by atoms with Crippen molar-refractivity contribution in [1.29, 1.82) is 0 Å². The van der Waals surface area contributed by atoms with E-state index < -0.39 is 36.4 Å². The van der Waals surface area contributed by atoms with Crippen molar-refractivity contribution in [2.75, 3.05) is 0 Å². The molecule has 0 aliphatic carbocycles. The van der Waals surface area contributed by atoms with Crippen LogP contribution in [0.1, 0.15) is 12.8 Å². The van der Waals surface area contributed by atoms with Gasteiger partial charge in [-0.1, -0.05) is 5.60 Å². The molecule has 0 aliphatic rings. The quantitative estimate of drug-likeness (QED) is 0.461. The minimum atomic E-state index is -3.16. The Bertz CT molecular complexity index is 233.